The molecule has 0 spiro atoms. The molecule has 0 heterocycles. The number of rotatable bonds is 10. The predicted molar refractivity (Wildman–Crippen MR) is 96.9 cm³/mol. The number of methoxy groups -OCH3 is 2. The summed E-state index contributed by atoms with van der Waals surface area (Å²) >= 11 is 0. The van der Waals surface area contributed by atoms with Crippen molar-refractivity contribution in [3.05, 3.63) is 23.8 Å². The Morgan fingerprint density at radius 3 is 2.08 bits per heavy atom. The summed E-state index contributed by atoms with van der Waals surface area (Å²) in [4.78, 5) is 14.4. The van der Waals surface area contributed by atoms with Crippen molar-refractivity contribution in [1.82, 2.24) is 14.5 Å². The zero-order valence-electron chi connectivity index (χ0n) is 15.4. The summed E-state index contributed by atoms with van der Waals surface area (Å²) in [7, 11) is 3.34. The Balaban J connectivity index is 2.75. The van der Waals surface area contributed by atoms with E-state index in [9.17, 15) is 13.2 Å². The maximum Gasteiger partial charge on any atom is 0.258 e. The Kier molecular flexibility index (Phi) is 8.14. The third-order valence-corrected chi connectivity index (χ3v) is 4.87. The minimum absolute atomic E-state index is 0.181. The van der Waals surface area contributed by atoms with E-state index in [-0.39, 0.29) is 24.6 Å². The molecule has 0 radical (unpaired) electrons. The molecule has 0 fully saturated rings. The Bertz CT molecular complexity index is 654. The van der Waals surface area contributed by atoms with Crippen LogP contribution in [0.5, 0.6) is 11.5 Å². The monoisotopic (exact) mass is 373 g/mol. The fourth-order valence-electron chi connectivity index (χ4n) is 2.21. The van der Waals surface area contributed by atoms with Gasteiger partial charge >= 0.3 is 0 Å². The van der Waals surface area contributed by atoms with E-state index < -0.39 is 10.0 Å². The van der Waals surface area contributed by atoms with E-state index in [1.54, 1.807) is 18.2 Å². The highest BCUT2D eigenvalue weighted by Gasteiger charge is 2.20. The number of benzene rings is 1. The molecule has 0 atom stereocenters. The minimum atomic E-state index is -3.34. The Morgan fingerprint density at radius 2 is 1.64 bits per heavy atom. The normalized spacial score (nSPS) is 11.6. The van der Waals surface area contributed by atoms with Gasteiger partial charge in [0.05, 0.1) is 20.5 Å². The molecule has 0 saturated heterocycles. The lowest BCUT2D eigenvalue weighted by molar-refractivity contribution is 0.0945. The third-order valence-electron chi connectivity index (χ3n) is 3.57. The van der Waals surface area contributed by atoms with Gasteiger partial charge in [-0.2, -0.15) is 4.31 Å². The number of nitrogens with zero attached hydrogens (tertiary/aromatic N) is 2. The molecule has 0 unspecified atom stereocenters. The van der Waals surface area contributed by atoms with Crippen molar-refractivity contribution in [3.8, 4) is 11.5 Å². The van der Waals surface area contributed by atoms with Gasteiger partial charge in [-0.25, -0.2) is 8.42 Å². The van der Waals surface area contributed by atoms with Gasteiger partial charge in [0.15, 0.2) is 0 Å². The van der Waals surface area contributed by atoms with Crippen molar-refractivity contribution in [3.63, 3.8) is 0 Å². The second-order valence-electron chi connectivity index (χ2n) is 5.76. The highest BCUT2D eigenvalue weighted by molar-refractivity contribution is 7.88. The van der Waals surface area contributed by atoms with Crippen molar-refractivity contribution in [1.29, 1.82) is 0 Å². The molecular formula is C16H27N3O5S. The lowest BCUT2D eigenvalue weighted by Gasteiger charge is -2.22. The number of carbonyl (C=O) groups excluding carboxylic acids is 1. The molecule has 1 rings (SSSR count). The maximum atomic E-state index is 12.5. The van der Waals surface area contributed by atoms with Crippen molar-refractivity contribution >= 4 is 15.9 Å². The van der Waals surface area contributed by atoms with Crippen LogP contribution < -0.4 is 14.8 Å². The Labute approximate surface area is 149 Å². The number of hydrogen-bond acceptors (Lipinski definition) is 6. The summed E-state index contributed by atoms with van der Waals surface area (Å²) in [6.45, 7) is 1.33. The van der Waals surface area contributed by atoms with E-state index in [0.717, 1.165) is 6.26 Å². The van der Waals surface area contributed by atoms with Gasteiger partial charge in [-0.15, -0.1) is 0 Å². The molecule has 1 aromatic rings. The van der Waals surface area contributed by atoms with Gasteiger partial charge in [-0.3, -0.25) is 4.79 Å². The zero-order chi connectivity index (χ0) is 19.0. The standard InChI is InChI=1S/C16H27N3O5S/c1-18(2)11-12-19(25(5,21)22)10-9-17-16(20)15-13(23-3)7-6-8-14(15)24-4/h6-8H,9-12H2,1-5H3,(H,17,20). The highest BCUT2D eigenvalue weighted by atomic mass is 32.2. The average Bonchev–Trinajstić information content (AvgIpc) is 2.55. The summed E-state index contributed by atoms with van der Waals surface area (Å²) in [6.07, 6.45) is 1.16. The van der Waals surface area contributed by atoms with Gasteiger partial charge in [-0.05, 0) is 26.2 Å². The second kappa shape index (κ2) is 9.59. The zero-order valence-corrected chi connectivity index (χ0v) is 16.2. The first-order valence-electron chi connectivity index (χ1n) is 7.79. The van der Waals surface area contributed by atoms with E-state index >= 15 is 0 Å². The molecule has 142 valence electrons. The lowest BCUT2D eigenvalue weighted by atomic mass is 10.1. The molecule has 0 saturated carbocycles. The fraction of sp³-hybridized carbons (Fsp3) is 0.562. The number of amides is 1. The minimum Gasteiger partial charge on any atom is -0.496 e. The first-order chi connectivity index (χ1) is 11.7. The van der Waals surface area contributed by atoms with Crippen molar-refractivity contribution in [2.24, 2.45) is 0 Å². The van der Waals surface area contributed by atoms with Gasteiger partial charge in [0.25, 0.3) is 5.91 Å². The number of carbonyl (C=O) groups is 1. The van der Waals surface area contributed by atoms with Crippen LogP contribution in [0.1, 0.15) is 10.4 Å². The number of nitrogens with one attached hydrogen (secondary N) is 1. The molecule has 9 heteroatoms. The summed E-state index contributed by atoms with van der Waals surface area (Å²) in [5.41, 5.74) is 0.284. The second-order valence-corrected chi connectivity index (χ2v) is 7.74. The maximum absolute atomic E-state index is 12.5. The van der Waals surface area contributed by atoms with Crippen LogP contribution in [0.15, 0.2) is 18.2 Å². The van der Waals surface area contributed by atoms with E-state index in [2.05, 4.69) is 5.32 Å². The first-order valence-corrected chi connectivity index (χ1v) is 9.64. The summed E-state index contributed by atoms with van der Waals surface area (Å²) in [5, 5.41) is 2.72. The first kappa shape index (κ1) is 21.2. The molecular weight excluding hydrogens is 346 g/mol. The Morgan fingerprint density at radius 1 is 1.08 bits per heavy atom. The number of hydrogen-bond donors (Lipinski definition) is 1. The SMILES string of the molecule is COc1cccc(OC)c1C(=O)NCCN(CCN(C)C)S(C)(=O)=O. The average molecular weight is 373 g/mol. The fourth-order valence-corrected chi connectivity index (χ4v) is 3.05. The molecule has 0 aliphatic heterocycles. The van der Waals surface area contributed by atoms with E-state index in [1.165, 1.54) is 18.5 Å². The van der Waals surface area contributed by atoms with E-state index in [1.807, 2.05) is 19.0 Å². The van der Waals surface area contributed by atoms with Gasteiger partial charge in [0.2, 0.25) is 10.0 Å². The molecule has 0 aliphatic carbocycles. The molecule has 1 amide bonds. The largest absolute Gasteiger partial charge is 0.496 e. The van der Waals surface area contributed by atoms with Crippen LogP contribution in [0.2, 0.25) is 0 Å². The molecule has 0 aliphatic rings. The molecule has 25 heavy (non-hydrogen) atoms. The molecule has 0 bridgehead atoms. The summed E-state index contributed by atoms with van der Waals surface area (Å²) in [5.74, 6) is 0.407. The van der Waals surface area contributed by atoms with Crippen molar-refractivity contribution in [2.45, 2.75) is 0 Å². The molecule has 0 aromatic heterocycles. The highest BCUT2D eigenvalue weighted by Crippen LogP contribution is 2.27. The summed E-state index contributed by atoms with van der Waals surface area (Å²) < 4.78 is 35.4. The van der Waals surface area contributed by atoms with Crippen molar-refractivity contribution in [2.75, 3.05) is 60.7 Å². The summed E-state index contributed by atoms with van der Waals surface area (Å²) in [6, 6.07) is 5.05. The van der Waals surface area contributed by atoms with Crippen LogP contribution in [0.4, 0.5) is 0 Å². The molecule has 1 aromatic carbocycles. The lowest BCUT2D eigenvalue weighted by Crippen LogP contribution is -2.41. The predicted octanol–water partition coefficient (Wildman–Crippen LogP) is 0.257. The van der Waals surface area contributed by atoms with Crippen LogP contribution in [-0.4, -0.2) is 84.3 Å². The topological polar surface area (TPSA) is 88.2 Å². The van der Waals surface area contributed by atoms with Gasteiger partial charge in [0, 0.05) is 26.2 Å². The quantitative estimate of drug-likeness (QED) is 0.633. The molecule has 1 N–H and O–H groups in total. The molecule has 8 nitrogen and oxygen atoms in total. The van der Waals surface area contributed by atoms with Crippen LogP contribution in [-0.2, 0) is 10.0 Å². The van der Waals surface area contributed by atoms with Gasteiger partial charge < -0.3 is 19.7 Å². The number of likely N-dealkylation sites (N-methyl/N-ethyl adjacent to an activating group) is 1. The van der Waals surface area contributed by atoms with E-state index in [4.69, 9.17) is 9.47 Å². The van der Waals surface area contributed by atoms with Gasteiger partial charge in [-0.1, -0.05) is 6.07 Å². The smallest absolute Gasteiger partial charge is 0.258 e. The van der Waals surface area contributed by atoms with Gasteiger partial charge in [0.1, 0.15) is 17.1 Å². The third kappa shape index (κ3) is 6.52. The van der Waals surface area contributed by atoms with Crippen LogP contribution >= 0.6 is 0 Å². The van der Waals surface area contributed by atoms with Crippen LogP contribution in [0.25, 0.3) is 0 Å². The number of sulfonamides is 1. The van der Waals surface area contributed by atoms with E-state index in [0.29, 0.717) is 24.6 Å². The van der Waals surface area contributed by atoms with Crippen LogP contribution in [0, 0.1) is 0 Å². The van der Waals surface area contributed by atoms with Crippen LogP contribution in [0.3, 0.4) is 0 Å². The van der Waals surface area contributed by atoms with Crippen molar-refractivity contribution < 1.29 is 22.7 Å². The Hall–Kier alpha value is -1.84. The number of ether oxygens (including phenoxy) is 2.